The number of amides is 9. The van der Waals surface area contributed by atoms with Gasteiger partial charge in [0.25, 0.3) is 0 Å². The molecule has 2 aromatic rings. The number of carbonyl (C=O) groups is 11. The van der Waals surface area contributed by atoms with Gasteiger partial charge in [-0.2, -0.15) is 0 Å². The van der Waals surface area contributed by atoms with E-state index in [0.29, 0.717) is 24.8 Å². The molecule has 434 valence electrons. The first kappa shape index (κ1) is 60.9. The molecule has 1 aromatic carbocycles. The molecule has 4 aliphatic heterocycles. The van der Waals surface area contributed by atoms with Crippen molar-refractivity contribution in [3.8, 4) is 0 Å². The number of aliphatic imine (C=N–C) groups is 1. The molecule has 5 heterocycles. The smallest absolute Gasteiger partial charge is 0.330 e. The van der Waals surface area contributed by atoms with Crippen LogP contribution < -0.4 is 44.2 Å². The number of carboxylic acid groups (broad SMARTS) is 2. The molecule has 6 rings (SSSR count). The molecule has 2 fully saturated rings. The molecule has 2 saturated heterocycles. The van der Waals surface area contributed by atoms with Gasteiger partial charge in [-0.05, 0) is 68.9 Å². The average molecular weight is 1120 g/mol. The number of hydrogen-bond donors (Lipinski definition) is 11. The van der Waals surface area contributed by atoms with Gasteiger partial charge in [0.2, 0.25) is 53.2 Å². The summed E-state index contributed by atoms with van der Waals surface area (Å²) in [7, 11) is 0. The van der Waals surface area contributed by atoms with E-state index >= 15 is 0 Å². The van der Waals surface area contributed by atoms with E-state index in [-0.39, 0.29) is 90.0 Å². The first-order valence-corrected chi connectivity index (χ1v) is 27.0. The molecule has 0 radical (unpaired) electrons. The van der Waals surface area contributed by atoms with Gasteiger partial charge in [0.05, 0.1) is 6.04 Å². The molecule has 0 spiro atoms. The summed E-state index contributed by atoms with van der Waals surface area (Å²) in [5, 5.41) is 30.5. The third-order valence-electron chi connectivity index (χ3n) is 15.0. The second-order valence-electron chi connectivity index (χ2n) is 20.6. The van der Waals surface area contributed by atoms with Gasteiger partial charge in [0.1, 0.15) is 48.3 Å². The van der Waals surface area contributed by atoms with Gasteiger partial charge in [-0.15, -0.1) is 0 Å². The Kier molecular flexibility index (Phi) is 21.3. The van der Waals surface area contributed by atoms with Gasteiger partial charge in [0, 0.05) is 69.1 Å². The number of primary amides is 1. The number of rotatable bonds is 27. The number of para-hydroxylation sites is 1. The lowest BCUT2D eigenvalue weighted by Crippen LogP contribution is -2.60. The van der Waals surface area contributed by atoms with Gasteiger partial charge >= 0.3 is 11.9 Å². The fourth-order valence-electron chi connectivity index (χ4n) is 10.5. The summed E-state index contributed by atoms with van der Waals surface area (Å²) in [6.07, 6.45) is 8.05. The highest BCUT2D eigenvalue weighted by Crippen LogP contribution is 2.27. The summed E-state index contributed by atoms with van der Waals surface area (Å²) in [5.74, 6) is -9.58. The molecule has 9 amide bonds. The molecular weight excluding hydrogens is 1040 g/mol. The number of aromatic amines is 1. The predicted octanol–water partition coefficient (Wildman–Crippen LogP) is -2.19. The minimum absolute atomic E-state index is 0.0444. The van der Waals surface area contributed by atoms with Gasteiger partial charge < -0.3 is 79.0 Å². The summed E-state index contributed by atoms with van der Waals surface area (Å²) in [5.41, 5.74) is 24.1. The van der Waals surface area contributed by atoms with Crippen molar-refractivity contribution >= 4 is 82.0 Å². The number of benzene rings is 1. The lowest BCUT2D eigenvalue weighted by Gasteiger charge is -2.34. The van der Waals surface area contributed by atoms with E-state index in [1.807, 2.05) is 18.2 Å². The average Bonchev–Trinajstić information content (AvgIpc) is 4.32. The lowest BCUT2D eigenvalue weighted by molar-refractivity contribution is -0.151. The zero-order chi connectivity index (χ0) is 58.4. The van der Waals surface area contributed by atoms with Gasteiger partial charge in [0.15, 0.2) is 5.96 Å². The first-order valence-electron chi connectivity index (χ1n) is 27.0. The number of H-pyrrole nitrogens is 1. The number of nitrogens with one attached hydrogen (secondary N) is 5. The van der Waals surface area contributed by atoms with Crippen molar-refractivity contribution in [2.24, 2.45) is 33.8 Å². The number of carboxylic acids is 2. The van der Waals surface area contributed by atoms with Crippen molar-refractivity contribution in [1.82, 2.24) is 45.9 Å². The number of guanidine groups is 1. The maximum Gasteiger partial charge on any atom is 0.330 e. The number of likely N-dealkylation sites (tertiary alicyclic amines) is 2. The van der Waals surface area contributed by atoms with Crippen molar-refractivity contribution in [3.63, 3.8) is 0 Å². The van der Waals surface area contributed by atoms with Crippen molar-refractivity contribution in [3.05, 3.63) is 60.3 Å². The summed E-state index contributed by atoms with van der Waals surface area (Å²) < 4.78 is 0. The Bertz CT molecular complexity index is 2760. The highest BCUT2D eigenvalue weighted by molar-refractivity contribution is 6.00. The Morgan fingerprint density at radius 3 is 2.01 bits per heavy atom. The normalized spacial score (nSPS) is 20.8. The second-order valence-corrected chi connectivity index (χ2v) is 20.6. The van der Waals surface area contributed by atoms with Crippen LogP contribution in [0.25, 0.3) is 10.9 Å². The monoisotopic (exact) mass is 1110 g/mol. The van der Waals surface area contributed by atoms with E-state index in [9.17, 15) is 63.0 Å². The van der Waals surface area contributed by atoms with E-state index in [2.05, 4.69) is 31.2 Å². The number of fused-ring (bicyclic) bond motifs is 1. The zero-order valence-corrected chi connectivity index (χ0v) is 44.9. The largest absolute Gasteiger partial charge is 0.481 e. The fraction of sp³-hybridized carbons (Fsp3) is 0.547. The van der Waals surface area contributed by atoms with Crippen LogP contribution in [0.4, 0.5) is 0 Å². The highest BCUT2D eigenvalue weighted by atomic mass is 16.4. The molecule has 0 aliphatic carbocycles. The number of nitrogens with zero attached hydrogens (tertiary/aromatic N) is 5. The molecule has 80 heavy (non-hydrogen) atoms. The molecule has 0 bridgehead atoms. The Morgan fingerprint density at radius 1 is 0.713 bits per heavy atom. The molecular formula is C53H74N14O13. The van der Waals surface area contributed by atoms with Crippen LogP contribution in [0.5, 0.6) is 0 Å². The van der Waals surface area contributed by atoms with Gasteiger partial charge in [-0.25, -0.2) is 4.79 Å². The number of hydrogen-bond acceptors (Lipinski definition) is 13. The van der Waals surface area contributed by atoms with Gasteiger partial charge in [-0.1, -0.05) is 62.8 Å². The third-order valence-corrected chi connectivity index (χ3v) is 15.0. The van der Waals surface area contributed by atoms with Crippen LogP contribution in [0, 0.1) is 5.92 Å². The first-order chi connectivity index (χ1) is 38.1. The Hall–Kier alpha value is -8.36. The Morgan fingerprint density at radius 2 is 1.35 bits per heavy atom. The summed E-state index contributed by atoms with van der Waals surface area (Å²) in [6, 6.07) is -3.94. The second kappa shape index (κ2) is 28.0. The van der Waals surface area contributed by atoms with Crippen LogP contribution in [0.15, 0.2) is 59.8 Å². The molecule has 10 unspecified atom stereocenters. The Labute approximate surface area is 461 Å². The molecule has 27 nitrogen and oxygen atoms in total. The quantitative estimate of drug-likeness (QED) is 0.0196. The number of carbonyl (C=O) groups excluding carboxylic acids is 9. The van der Waals surface area contributed by atoms with E-state index in [0.717, 1.165) is 10.9 Å². The van der Waals surface area contributed by atoms with Crippen molar-refractivity contribution in [2.45, 2.75) is 145 Å². The maximum atomic E-state index is 14.7. The number of nitrogens with two attached hydrogens (primary N) is 4. The van der Waals surface area contributed by atoms with Crippen LogP contribution in [-0.4, -0.2) is 193 Å². The van der Waals surface area contributed by atoms with Crippen LogP contribution in [0.2, 0.25) is 0 Å². The molecule has 10 atom stereocenters. The van der Waals surface area contributed by atoms with Crippen LogP contribution in [0.1, 0.15) is 90.0 Å². The van der Waals surface area contributed by atoms with E-state index < -0.39 is 132 Å². The molecule has 27 heteroatoms. The summed E-state index contributed by atoms with van der Waals surface area (Å²) in [4.78, 5) is 161. The number of aliphatic carboxylic acids is 2. The van der Waals surface area contributed by atoms with Crippen molar-refractivity contribution in [1.29, 1.82) is 0 Å². The molecule has 1 aromatic heterocycles. The SMILES string of the molecule is CCC(C)C(NC(=O)C(CCC(N)=O)NC(=O)C1CCCN1C(=O)C(CCCN=C(N)N)NC(=O)C1C=CCN1C(=O)C(Cc1c[nH]c2ccccc12)NC(=O)C(N)CCC(=O)O)C(=O)N1CCCC1C(=O)N1CC=CC1C(=O)O. The third kappa shape index (κ3) is 15.3. The van der Waals surface area contributed by atoms with E-state index in [1.54, 1.807) is 38.3 Å². The van der Waals surface area contributed by atoms with E-state index in [4.69, 9.17) is 22.9 Å². The molecule has 4 aliphatic rings. The van der Waals surface area contributed by atoms with Crippen LogP contribution >= 0.6 is 0 Å². The maximum absolute atomic E-state index is 14.7. The summed E-state index contributed by atoms with van der Waals surface area (Å²) >= 11 is 0. The topological polar surface area (TPSA) is 422 Å². The number of aromatic nitrogens is 1. The molecule has 0 saturated carbocycles. The highest BCUT2D eigenvalue weighted by Gasteiger charge is 2.45. The molecule has 15 N–H and O–H groups in total. The van der Waals surface area contributed by atoms with Crippen molar-refractivity contribution < 1.29 is 63.0 Å². The summed E-state index contributed by atoms with van der Waals surface area (Å²) in [6.45, 7) is 3.76. The lowest BCUT2D eigenvalue weighted by atomic mass is 9.96. The fourth-order valence-corrected chi connectivity index (χ4v) is 10.5. The minimum Gasteiger partial charge on any atom is -0.481 e. The van der Waals surface area contributed by atoms with Crippen LogP contribution in [-0.2, 0) is 59.2 Å². The standard InChI is InChI=1S/C53H74N14O13/c1-3-29(2)43(51(78)66-25-9-16-39(66)50(77)67-26-10-17-40(67)52(79)80)63-45(72)34(19-20-41(55)68)60-46(73)37-14-7-23-64(37)48(75)35(13-6-22-58-53(56)57)61-47(74)38-15-8-24-65(38)49(76)36(62-44(71)32(54)18-21-42(69)70)27-30-28-59-33-12-5-4-11-31(30)33/h4-5,8,10-12,15,17,28-29,32,34-40,43,59H,3,6-7,9,13-14,16,18-27,54H2,1-2H3,(H2,55,68)(H,60,73)(H,61,74)(H,62,71)(H,63,72)(H,69,70)(H,79,80)(H4,56,57,58). The van der Waals surface area contributed by atoms with Crippen LogP contribution in [0.3, 0.4) is 0 Å². The minimum atomic E-state index is -1.45. The van der Waals surface area contributed by atoms with Gasteiger partial charge in [-0.3, -0.25) is 52.9 Å². The van der Waals surface area contributed by atoms with E-state index in [1.165, 1.54) is 31.8 Å². The zero-order valence-electron chi connectivity index (χ0n) is 44.9. The van der Waals surface area contributed by atoms with Crippen molar-refractivity contribution in [2.75, 3.05) is 32.7 Å². The predicted molar refractivity (Wildman–Crippen MR) is 289 cm³/mol. The Balaban J connectivity index is 1.18.